The summed E-state index contributed by atoms with van der Waals surface area (Å²) in [6, 6.07) is 11.8. The van der Waals surface area contributed by atoms with Gasteiger partial charge in [-0.3, -0.25) is 14.9 Å². The number of carboxylic acid groups (broad SMARTS) is 1. The first-order chi connectivity index (χ1) is 14.7. The van der Waals surface area contributed by atoms with E-state index in [1.165, 1.54) is 36.5 Å². The van der Waals surface area contributed by atoms with Gasteiger partial charge in [-0.1, -0.05) is 17.7 Å². The standard InChI is InChI=1S/C21H17ClN4O5/c1-12-8-15(11-23-24-20(27)14-4-3-5-17(9-14)26(30)31)13(2)25(12)16-6-7-18(21(28)29)19(22)10-16/h3-11H,1-2H3,(H,24,27)(H,28,29)/b23-11-. The molecule has 2 N–H and O–H groups in total. The van der Waals surface area contributed by atoms with E-state index in [0.717, 1.165) is 17.0 Å². The van der Waals surface area contributed by atoms with Gasteiger partial charge in [-0.05, 0) is 44.2 Å². The van der Waals surface area contributed by atoms with Crippen molar-refractivity contribution in [2.75, 3.05) is 0 Å². The molecular formula is C21H17ClN4O5. The number of hydrogen-bond acceptors (Lipinski definition) is 5. The van der Waals surface area contributed by atoms with Crippen LogP contribution in [0.3, 0.4) is 0 Å². The van der Waals surface area contributed by atoms with Crippen molar-refractivity contribution in [2.24, 2.45) is 5.10 Å². The molecule has 0 aliphatic rings. The smallest absolute Gasteiger partial charge is 0.337 e. The quantitative estimate of drug-likeness (QED) is 0.338. The fraction of sp³-hybridized carbons (Fsp3) is 0.0952. The number of halogens is 1. The average Bonchev–Trinajstić information content (AvgIpc) is 3.00. The summed E-state index contributed by atoms with van der Waals surface area (Å²) in [5, 5.41) is 24.0. The number of nitro benzene ring substituents is 1. The summed E-state index contributed by atoms with van der Waals surface area (Å²) in [5.74, 6) is -1.69. The number of nitrogens with one attached hydrogen (secondary N) is 1. The lowest BCUT2D eigenvalue weighted by molar-refractivity contribution is -0.384. The Morgan fingerprint density at radius 1 is 1.19 bits per heavy atom. The second-order valence-corrected chi connectivity index (χ2v) is 7.04. The zero-order valence-electron chi connectivity index (χ0n) is 16.5. The third-order valence-electron chi connectivity index (χ3n) is 4.60. The normalized spacial score (nSPS) is 10.9. The van der Waals surface area contributed by atoms with Gasteiger partial charge < -0.3 is 9.67 Å². The third kappa shape index (κ3) is 4.62. The third-order valence-corrected chi connectivity index (χ3v) is 4.91. The molecule has 10 heteroatoms. The Morgan fingerprint density at radius 3 is 2.58 bits per heavy atom. The van der Waals surface area contributed by atoms with Gasteiger partial charge in [0.1, 0.15) is 0 Å². The van der Waals surface area contributed by atoms with Crippen LogP contribution in [0.15, 0.2) is 53.6 Å². The van der Waals surface area contributed by atoms with Gasteiger partial charge in [0.25, 0.3) is 11.6 Å². The first kappa shape index (κ1) is 21.7. The highest BCUT2D eigenvalue weighted by atomic mass is 35.5. The van der Waals surface area contributed by atoms with Crippen LogP contribution in [0.2, 0.25) is 5.02 Å². The van der Waals surface area contributed by atoms with E-state index in [2.05, 4.69) is 10.5 Å². The molecule has 3 rings (SSSR count). The van der Waals surface area contributed by atoms with Crippen molar-refractivity contribution in [2.45, 2.75) is 13.8 Å². The number of hydrazone groups is 1. The number of aromatic carboxylic acids is 1. The molecule has 0 fully saturated rings. The predicted octanol–water partition coefficient (Wildman–Crippen LogP) is 4.12. The van der Waals surface area contributed by atoms with Gasteiger partial charge in [0.05, 0.1) is 21.7 Å². The summed E-state index contributed by atoms with van der Waals surface area (Å²) in [4.78, 5) is 33.6. The molecule has 0 saturated carbocycles. The number of nitro groups is 1. The minimum atomic E-state index is -1.11. The number of rotatable bonds is 6. The maximum Gasteiger partial charge on any atom is 0.337 e. The van der Waals surface area contributed by atoms with Crippen LogP contribution in [-0.2, 0) is 0 Å². The summed E-state index contributed by atoms with van der Waals surface area (Å²) < 4.78 is 1.88. The number of carbonyl (C=O) groups excluding carboxylic acids is 1. The van der Waals surface area contributed by atoms with Crippen LogP contribution in [-0.4, -0.2) is 32.7 Å². The van der Waals surface area contributed by atoms with Crippen LogP contribution in [0.25, 0.3) is 5.69 Å². The molecule has 0 unspecified atom stereocenters. The molecule has 1 aromatic heterocycles. The van der Waals surface area contributed by atoms with E-state index in [0.29, 0.717) is 5.69 Å². The van der Waals surface area contributed by atoms with Crippen LogP contribution in [0.1, 0.15) is 37.7 Å². The zero-order chi connectivity index (χ0) is 22.7. The van der Waals surface area contributed by atoms with E-state index in [9.17, 15) is 19.7 Å². The number of aromatic nitrogens is 1. The van der Waals surface area contributed by atoms with Gasteiger partial charge in [-0.15, -0.1) is 0 Å². The van der Waals surface area contributed by atoms with Crippen LogP contribution in [0.4, 0.5) is 5.69 Å². The summed E-state index contributed by atoms with van der Waals surface area (Å²) in [6.45, 7) is 3.71. The largest absolute Gasteiger partial charge is 0.478 e. The van der Waals surface area contributed by atoms with Crippen LogP contribution in [0.5, 0.6) is 0 Å². The second-order valence-electron chi connectivity index (χ2n) is 6.64. The number of carboxylic acids is 1. The average molecular weight is 441 g/mol. The van der Waals surface area contributed by atoms with Crippen molar-refractivity contribution in [3.05, 3.63) is 91.7 Å². The van der Waals surface area contributed by atoms with Crippen molar-refractivity contribution in [3.8, 4) is 5.69 Å². The molecule has 1 amide bonds. The molecular weight excluding hydrogens is 424 g/mol. The van der Waals surface area contributed by atoms with Gasteiger partial charge in [0, 0.05) is 40.3 Å². The predicted molar refractivity (Wildman–Crippen MR) is 115 cm³/mol. The highest BCUT2D eigenvalue weighted by molar-refractivity contribution is 6.33. The van der Waals surface area contributed by atoms with Gasteiger partial charge in [0.2, 0.25) is 0 Å². The lowest BCUT2D eigenvalue weighted by atomic mass is 10.2. The molecule has 3 aromatic rings. The fourth-order valence-electron chi connectivity index (χ4n) is 3.12. The van der Waals surface area contributed by atoms with Crippen molar-refractivity contribution < 1.29 is 19.6 Å². The molecule has 0 atom stereocenters. The van der Waals surface area contributed by atoms with E-state index in [-0.39, 0.29) is 21.8 Å². The van der Waals surface area contributed by atoms with Gasteiger partial charge in [-0.25, -0.2) is 10.2 Å². The molecule has 0 aliphatic carbocycles. The molecule has 158 valence electrons. The Bertz CT molecular complexity index is 1230. The zero-order valence-corrected chi connectivity index (χ0v) is 17.3. The minimum Gasteiger partial charge on any atom is -0.478 e. The van der Waals surface area contributed by atoms with E-state index in [1.807, 2.05) is 24.5 Å². The molecule has 1 heterocycles. The monoisotopic (exact) mass is 440 g/mol. The Kier molecular flexibility index (Phi) is 6.17. The minimum absolute atomic E-state index is 0.0125. The SMILES string of the molecule is Cc1cc(/C=N\NC(=O)c2cccc([N+](=O)[O-])c2)c(C)n1-c1ccc(C(=O)O)c(Cl)c1. The van der Waals surface area contributed by atoms with Crippen LogP contribution in [0, 0.1) is 24.0 Å². The highest BCUT2D eigenvalue weighted by Gasteiger charge is 2.14. The lowest BCUT2D eigenvalue weighted by Gasteiger charge is -2.11. The molecule has 2 aromatic carbocycles. The number of non-ortho nitro benzene ring substituents is 1. The number of benzene rings is 2. The maximum atomic E-state index is 12.2. The second kappa shape index (κ2) is 8.80. The molecule has 0 saturated heterocycles. The number of hydrogen-bond donors (Lipinski definition) is 2. The molecule has 31 heavy (non-hydrogen) atoms. The topological polar surface area (TPSA) is 127 Å². The van der Waals surface area contributed by atoms with Crippen molar-refractivity contribution >= 4 is 35.4 Å². The molecule has 0 spiro atoms. The highest BCUT2D eigenvalue weighted by Crippen LogP contribution is 2.25. The summed E-state index contributed by atoms with van der Waals surface area (Å²) in [7, 11) is 0. The van der Waals surface area contributed by atoms with Gasteiger partial charge in [0.15, 0.2) is 0 Å². The van der Waals surface area contributed by atoms with Gasteiger partial charge >= 0.3 is 5.97 Å². The van der Waals surface area contributed by atoms with Crippen LogP contribution >= 0.6 is 11.6 Å². The maximum absolute atomic E-state index is 12.2. The number of carbonyl (C=O) groups is 2. The molecule has 0 bridgehead atoms. The van der Waals surface area contributed by atoms with E-state index >= 15 is 0 Å². The number of amides is 1. The van der Waals surface area contributed by atoms with Crippen molar-refractivity contribution in [1.82, 2.24) is 9.99 Å². The van der Waals surface area contributed by atoms with Gasteiger partial charge in [-0.2, -0.15) is 5.10 Å². The summed E-state index contributed by atoms with van der Waals surface area (Å²) >= 11 is 6.08. The Morgan fingerprint density at radius 2 is 1.94 bits per heavy atom. The Labute approximate surface area is 181 Å². The molecule has 9 nitrogen and oxygen atoms in total. The Hall–Kier alpha value is -3.98. The van der Waals surface area contributed by atoms with Crippen molar-refractivity contribution in [1.29, 1.82) is 0 Å². The molecule has 0 radical (unpaired) electrons. The summed E-state index contributed by atoms with van der Waals surface area (Å²) in [5.41, 5.74) is 5.34. The molecule has 0 aliphatic heterocycles. The van der Waals surface area contributed by atoms with E-state index in [1.54, 1.807) is 12.1 Å². The van der Waals surface area contributed by atoms with Crippen molar-refractivity contribution in [3.63, 3.8) is 0 Å². The van der Waals surface area contributed by atoms with E-state index < -0.39 is 16.8 Å². The lowest BCUT2D eigenvalue weighted by Crippen LogP contribution is -2.17. The fourth-order valence-corrected chi connectivity index (χ4v) is 3.37. The van der Waals surface area contributed by atoms with Crippen LogP contribution < -0.4 is 5.43 Å². The Balaban J connectivity index is 1.81. The van der Waals surface area contributed by atoms with E-state index in [4.69, 9.17) is 16.7 Å². The first-order valence-electron chi connectivity index (χ1n) is 8.99. The number of aryl methyl sites for hydroxylation is 1. The first-order valence-corrected chi connectivity index (χ1v) is 9.37. The number of nitrogens with zero attached hydrogens (tertiary/aromatic N) is 3. The summed E-state index contributed by atoms with van der Waals surface area (Å²) in [6.07, 6.45) is 1.46.